The van der Waals surface area contributed by atoms with Gasteiger partial charge in [0.1, 0.15) is 6.04 Å². The Hall–Kier alpha value is -0.670. The van der Waals surface area contributed by atoms with Gasteiger partial charge in [0, 0.05) is 19.6 Å². The first kappa shape index (κ1) is 9.87. The Morgan fingerprint density at radius 3 is 3.00 bits per heavy atom. The maximum absolute atomic E-state index is 9.66. The lowest BCUT2D eigenvalue weighted by molar-refractivity contribution is 0.0573. The van der Waals surface area contributed by atoms with Gasteiger partial charge >= 0.3 is 0 Å². The number of nitriles is 1. The van der Waals surface area contributed by atoms with Crippen LogP contribution in [0.25, 0.3) is 0 Å². The summed E-state index contributed by atoms with van der Waals surface area (Å²) >= 11 is 0. The van der Waals surface area contributed by atoms with E-state index in [0.29, 0.717) is 19.8 Å². The number of rotatable bonds is 1. The predicted octanol–water partition coefficient (Wildman–Crippen LogP) is -1.46. The standard InChI is InChI=1S/C9H15N3O2/c10-3-7-4-11-1-2-12(7)8-5-14-6-9(8)13/h7-9,11,13H,1-2,4-6H2. The van der Waals surface area contributed by atoms with Crippen molar-refractivity contribution in [2.45, 2.75) is 18.2 Å². The Bertz CT molecular complexity index is 241. The quantitative estimate of drug-likeness (QED) is 0.538. The molecule has 5 heteroatoms. The van der Waals surface area contributed by atoms with Crippen LogP contribution in [-0.2, 0) is 4.74 Å². The maximum Gasteiger partial charge on any atom is 0.111 e. The molecule has 14 heavy (non-hydrogen) atoms. The molecule has 0 saturated carbocycles. The molecule has 2 heterocycles. The molecule has 0 aromatic heterocycles. The van der Waals surface area contributed by atoms with E-state index in [9.17, 15) is 5.11 Å². The predicted molar refractivity (Wildman–Crippen MR) is 49.6 cm³/mol. The second-order valence-electron chi connectivity index (χ2n) is 3.76. The summed E-state index contributed by atoms with van der Waals surface area (Å²) in [7, 11) is 0. The zero-order valence-corrected chi connectivity index (χ0v) is 8.02. The Kier molecular flexibility index (Phi) is 2.99. The minimum atomic E-state index is -0.441. The number of ether oxygens (including phenoxy) is 1. The van der Waals surface area contributed by atoms with Crippen LogP contribution in [0.4, 0.5) is 0 Å². The number of hydrogen-bond acceptors (Lipinski definition) is 5. The van der Waals surface area contributed by atoms with E-state index in [1.165, 1.54) is 0 Å². The van der Waals surface area contributed by atoms with Gasteiger partial charge in [0.05, 0.1) is 31.4 Å². The molecule has 78 valence electrons. The van der Waals surface area contributed by atoms with Crippen LogP contribution in [-0.4, -0.2) is 61.0 Å². The normalized spacial score (nSPS) is 39.6. The lowest BCUT2D eigenvalue weighted by atomic mass is 10.1. The fourth-order valence-corrected chi connectivity index (χ4v) is 2.09. The summed E-state index contributed by atoms with van der Waals surface area (Å²) in [6.45, 7) is 3.30. The molecule has 2 aliphatic rings. The molecule has 5 nitrogen and oxygen atoms in total. The van der Waals surface area contributed by atoms with E-state index in [1.54, 1.807) is 0 Å². The van der Waals surface area contributed by atoms with Crippen molar-refractivity contribution < 1.29 is 9.84 Å². The summed E-state index contributed by atoms with van der Waals surface area (Å²) in [5.74, 6) is 0. The second-order valence-corrected chi connectivity index (χ2v) is 3.76. The molecule has 0 aromatic carbocycles. The van der Waals surface area contributed by atoms with Crippen molar-refractivity contribution in [3.05, 3.63) is 0 Å². The highest BCUT2D eigenvalue weighted by molar-refractivity contribution is 5.00. The third-order valence-corrected chi connectivity index (χ3v) is 2.88. The fourth-order valence-electron chi connectivity index (χ4n) is 2.09. The van der Waals surface area contributed by atoms with Crippen molar-refractivity contribution in [1.29, 1.82) is 5.26 Å². The van der Waals surface area contributed by atoms with E-state index in [0.717, 1.165) is 13.1 Å². The first-order valence-corrected chi connectivity index (χ1v) is 4.95. The van der Waals surface area contributed by atoms with Gasteiger partial charge in [0.15, 0.2) is 0 Å². The van der Waals surface area contributed by atoms with Gasteiger partial charge in [0.25, 0.3) is 0 Å². The van der Waals surface area contributed by atoms with Gasteiger partial charge in [-0.15, -0.1) is 0 Å². The molecule has 0 radical (unpaired) electrons. The molecule has 3 unspecified atom stereocenters. The van der Waals surface area contributed by atoms with Gasteiger partial charge in [-0.05, 0) is 0 Å². The first-order chi connectivity index (χ1) is 6.83. The van der Waals surface area contributed by atoms with E-state index < -0.39 is 6.10 Å². The van der Waals surface area contributed by atoms with Crippen molar-refractivity contribution in [3.63, 3.8) is 0 Å². The number of aliphatic hydroxyl groups is 1. The van der Waals surface area contributed by atoms with Crippen LogP contribution in [0.3, 0.4) is 0 Å². The molecule has 0 spiro atoms. The van der Waals surface area contributed by atoms with E-state index >= 15 is 0 Å². The molecule has 2 rings (SSSR count). The van der Waals surface area contributed by atoms with Crippen LogP contribution < -0.4 is 5.32 Å². The number of hydrogen-bond donors (Lipinski definition) is 2. The zero-order valence-electron chi connectivity index (χ0n) is 8.02. The number of piperazine rings is 1. The van der Waals surface area contributed by atoms with Crippen molar-refractivity contribution in [1.82, 2.24) is 10.2 Å². The van der Waals surface area contributed by atoms with Gasteiger partial charge in [-0.1, -0.05) is 0 Å². The van der Waals surface area contributed by atoms with Gasteiger partial charge in [-0.25, -0.2) is 0 Å². The summed E-state index contributed by atoms with van der Waals surface area (Å²) in [5, 5.41) is 21.8. The topological polar surface area (TPSA) is 68.5 Å². The van der Waals surface area contributed by atoms with Crippen molar-refractivity contribution in [3.8, 4) is 6.07 Å². The molecule has 0 bridgehead atoms. The number of nitrogens with zero attached hydrogens (tertiary/aromatic N) is 2. The Labute approximate surface area is 83.3 Å². The Morgan fingerprint density at radius 1 is 1.50 bits per heavy atom. The smallest absolute Gasteiger partial charge is 0.111 e. The average Bonchev–Trinajstić information content (AvgIpc) is 2.64. The second kappa shape index (κ2) is 4.24. The van der Waals surface area contributed by atoms with E-state index in [2.05, 4.69) is 11.4 Å². The van der Waals surface area contributed by atoms with Crippen LogP contribution in [0.15, 0.2) is 0 Å². The molecule has 0 amide bonds. The number of nitrogens with one attached hydrogen (secondary N) is 1. The lowest BCUT2D eigenvalue weighted by Crippen LogP contribution is -2.57. The van der Waals surface area contributed by atoms with Crippen LogP contribution in [0.2, 0.25) is 0 Å². The largest absolute Gasteiger partial charge is 0.389 e. The van der Waals surface area contributed by atoms with E-state index in [1.807, 2.05) is 4.90 Å². The van der Waals surface area contributed by atoms with Gasteiger partial charge in [-0.2, -0.15) is 5.26 Å². The Balaban J connectivity index is 2.03. The zero-order chi connectivity index (χ0) is 9.97. The number of aliphatic hydroxyl groups excluding tert-OH is 1. The minimum absolute atomic E-state index is 0.00162. The fraction of sp³-hybridized carbons (Fsp3) is 0.889. The lowest BCUT2D eigenvalue weighted by Gasteiger charge is -2.36. The molecule has 3 atom stereocenters. The maximum atomic E-state index is 9.66. The summed E-state index contributed by atoms with van der Waals surface area (Å²) in [6.07, 6.45) is -0.441. The summed E-state index contributed by atoms with van der Waals surface area (Å²) in [5.41, 5.74) is 0. The third-order valence-electron chi connectivity index (χ3n) is 2.88. The molecule has 2 fully saturated rings. The molecule has 0 aromatic rings. The SMILES string of the molecule is N#CC1CNCCN1C1COCC1O. The summed E-state index contributed by atoms with van der Waals surface area (Å²) in [6, 6.07) is 2.12. The molecular formula is C9H15N3O2. The monoisotopic (exact) mass is 197 g/mol. The highest BCUT2D eigenvalue weighted by Gasteiger charge is 2.36. The Morgan fingerprint density at radius 2 is 2.36 bits per heavy atom. The highest BCUT2D eigenvalue weighted by atomic mass is 16.5. The summed E-state index contributed by atoms with van der Waals surface area (Å²) < 4.78 is 5.19. The first-order valence-electron chi connectivity index (χ1n) is 4.95. The van der Waals surface area contributed by atoms with Crippen LogP contribution in [0.1, 0.15) is 0 Å². The molecule has 0 aliphatic carbocycles. The molecule has 2 aliphatic heterocycles. The van der Waals surface area contributed by atoms with Gasteiger partial charge < -0.3 is 15.2 Å². The highest BCUT2D eigenvalue weighted by Crippen LogP contribution is 2.16. The molecule has 2 N–H and O–H groups in total. The third kappa shape index (κ3) is 1.74. The summed E-state index contributed by atoms with van der Waals surface area (Å²) in [4.78, 5) is 2.05. The van der Waals surface area contributed by atoms with Crippen molar-refractivity contribution in [2.24, 2.45) is 0 Å². The van der Waals surface area contributed by atoms with Crippen molar-refractivity contribution in [2.75, 3.05) is 32.8 Å². The minimum Gasteiger partial charge on any atom is -0.389 e. The van der Waals surface area contributed by atoms with Gasteiger partial charge in [0.2, 0.25) is 0 Å². The van der Waals surface area contributed by atoms with Crippen LogP contribution in [0.5, 0.6) is 0 Å². The van der Waals surface area contributed by atoms with Crippen molar-refractivity contribution >= 4 is 0 Å². The molecule has 2 saturated heterocycles. The average molecular weight is 197 g/mol. The van der Waals surface area contributed by atoms with Crippen LogP contribution >= 0.6 is 0 Å². The van der Waals surface area contributed by atoms with Gasteiger partial charge in [-0.3, -0.25) is 4.90 Å². The molecular weight excluding hydrogens is 182 g/mol. The van der Waals surface area contributed by atoms with Crippen LogP contribution in [0, 0.1) is 11.3 Å². The van der Waals surface area contributed by atoms with E-state index in [4.69, 9.17) is 10.00 Å². The van der Waals surface area contributed by atoms with E-state index in [-0.39, 0.29) is 12.1 Å².